The van der Waals surface area contributed by atoms with Gasteiger partial charge in [-0.2, -0.15) is 0 Å². The van der Waals surface area contributed by atoms with Crippen molar-refractivity contribution in [3.05, 3.63) is 10.0 Å². The Hall–Kier alpha value is -1.94. The van der Waals surface area contributed by atoms with Gasteiger partial charge in [-0.1, -0.05) is 57.3 Å². The molecule has 1 saturated carbocycles. The zero-order valence-corrected chi connectivity index (χ0v) is 19.1. The normalized spacial score (nSPS) is 22.1. The van der Waals surface area contributed by atoms with Crippen LogP contribution in [0.5, 0.6) is 0 Å². The van der Waals surface area contributed by atoms with Crippen LogP contribution in [-0.2, 0) is 15.0 Å². The summed E-state index contributed by atoms with van der Waals surface area (Å²) in [5, 5.41) is 25.7. The topological polar surface area (TPSA) is 110 Å². The largest absolute Gasteiger partial charge is 0.300 e. The Morgan fingerprint density at radius 1 is 0.897 bits per heavy atom. The van der Waals surface area contributed by atoms with Crippen molar-refractivity contribution in [2.24, 2.45) is 11.8 Å². The van der Waals surface area contributed by atoms with Gasteiger partial charge in [0, 0.05) is 23.2 Å². The van der Waals surface area contributed by atoms with Crippen LogP contribution in [0.4, 0.5) is 10.3 Å². The molecule has 1 aliphatic carbocycles. The molecule has 29 heavy (non-hydrogen) atoms. The van der Waals surface area contributed by atoms with Crippen LogP contribution in [-0.4, -0.2) is 32.2 Å². The fourth-order valence-electron chi connectivity index (χ4n) is 3.18. The van der Waals surface area contributed by atoms with E-state index in [2.05, 4.69) is 38.0 Å². The van der Waals surface area contributed by atoms with Gasteiger partial charge in [0.05, 0.1) is 0 Å². The zero-order valence-electron chi connectivity index (χ0n) is 17.5. The predicted molar refractivity (Wildman–Crippen MR) is 115 cm³/mol. The third-order valence-electron chi connectivity index (χ3n) is 5.33. The van der Waals surface area contributed by atoms with Gasteiger partial charge in [0.2, 0.25) is 22.1 Å². The average molecular weight is 437 g/mol. The zero-order chi connectivity index (χ0) is 21.2. The van der Waals surface area contributed by atoms with E-state index in [1.807, 2.05) is 27.7 Å². The summed E-state index contributed by atoms with van der Waals surface area (Å²) < 4.78 is 0. The lowest BCUT2D eigenvalue weighted by atomic mass is 9.72. The molecule has 158 valence electrons. The third-order valence-corrected chi connectivity index (χ3v) is 7.48. The van der Waals surface area contributed by atoms with Crippen molar-refractivity contribution in [1.29, 1.82) is 0 Å². The Kier molecular flexibility index (Phi) is 6.62. The van der Waals surface area contributed by atoms with Crippen LogP contribution < -0.4 is 10.6 Å². The molecule has 0 aliphatic heterocycles. The van der Waals surface area contributed by atoms with Gasteiger partial charge in [-0.05, 0) is 25.7 Å². The van der Waals surface area contributed by atoms with Gasteiger partial charge in [0.15, 0.2) is 0 Å². The second kappa shape index (κ2) is 8.83. The molecule has 8 nitrogen and oxygen atoms in total. The smallest absolute Gasteiger partial charge is 0.228 e. The van der Waals surface area contributed by atoms with Crippen LogP contribution in [0.2, 0.25) is 0 Å². The van der Waals surface area contributed by atoms with E-state index in [0.717, 1.165) is 35.7 Å². The summed E-state index contributed by atoms with van der Waals surface area (Å²) in [7, 11) is 0. The first kappa shape index (κ1) is 21.8. The SMILES string of the molecule is CC(C)C(=O)Nc1nnc([C@H]2CC[C@@](C)(c3nnc(NC(=O)C(C)C)s3)CC2)s1. The molecule has 0 unspecified atom stereocenters. The van der Waals surface area contributed by atoms with E-state index in [4.69, 9.17) is 0 Å². The highest BCUT2D eigenvalue weighted by Crippen LogP contribution is 2.46. The Morgan fingerprint density at radius 3 is 1.97 bits per heavy atom. The van der Waals surface area contributed by atoms with Crippen molar-refractivity contribution in [3.63, 3.8) is 0 Å². The van der Waals surface area contributed by atoms with Crippen LogP contribution in [0, 0.1) is 11.8 Å². The number of anilines is 2. The Labute approximate surface area is 178 Å². The number of amides is 2. The molecule has 0 atom stereocenters. The van der Waals surface area contributed by atoms with E-state index >= 15 is 0 Å². The summed E-state index contributed by atoms with van der Waals surface area (Å²) in [6.45, 7) is 9.63. The third kappa shape index (κ3) is 5.16. The molecule has 0 aromatic carbocycles. The average Bonchev–Trinajstić information content (AvgIpc) is 3.32. The summed E-state index contributed by atoms with van der Waals surface area (Å²) in [5.74, 6) is 0.0902. The highest BCUT2D eigenvalue weighted by atomic mass is 32.1. The van der Waals surface area contributed by atoms with Crippen molar-refractivity contribution in [2.45, 2.75) is 71.6 Å². The maximum absolute atomic E-state index is 11.9. The quantitative estimate of drug-likeness (QED) is 0.702. The molecule has 1 fully saturated rings. The van der Waals surface area contributed by atoms with E-state index in [-0.39, 0.29) is 29.1 Å². The molecule has 0 spiro atoms. The number of aromatic nitrogens is 4. The molecule has 10 heteroatoms. The summed E-state index contributed by atoms with van der Waals surface area (Å²) >= 11 is 2.94. The van der Waals surface area contributed by atoms with Crippen molar-refractivity contribution in [1.82, 2.24) is 20.4 Å². The minimum absolute atomic E-state index is 0.0412. The van der Waals surface area contributed by atoms with Crippen molar-refractivity contribution >= 4 is 44.8 Å². The maximum Gasteiger partial charge on any atom is 0.228 e. The molecule has 2 heterocycles. The highest BCUT2D eigenvalue weighted by molar-refractivity contribution is 7.15. The Balaban J connectivity index is 1.60. The summed E-state index contributed by atoms with van der Waals surface area (Å²) in [6.07, 6.45) is 3.91. The fourth-order valence-corrected chi connectivity index (χ4v) is 5.05. The van der Waals surface area contributed by atoms with Crippen LogP contribution in [0.1, 0.15) is 76.2 Å². The molecule has 2 aromatic rings. The second-order valence-electron chi connectivity index (χ2n) is 8.48. The molecule has 0 radical (unpaired) electrons. The fraction of sp³-hybridized carbons (Fsp3) is 0.684. The standard InChI is InChI=1S/C19H28N6O2S2/c1-10(2)13(26)20-17-24-22-15(28-17)12-6-8-19(5,9-7-12)16-23-25-18(29-16)21-14(27)11(3)4/h10-12H,6-9H2,1-5H3,(H,20,24,26)(H,21,25,27)/t12-,19+. The number of hydrogen-bond donors (Lipinski definition) is 2. The maximum atomic E-state index is 11.9. The highest BCUT2D eigenvalue weighted by Gasteiger charge is 2.37. The van der Waals surface area contributed by atoms with Crippen molar-refractivity contribution in [3.8, 4) is 0 Å². The summed E-state index contributed by atoms with van der Waals surface area (Å²) in [5.41, 5.74) is -0.0473. The van der Waals surface area contributed by atoms with E-state index in [1.54, 1.807) is 0 Å². The lowest BCUT2D eigenvalue weighted by molar-refractivity contribution is -0.119. The Bertz CT molecular complexity index is 868. The number of nitrogens with zero attached hydrogens (tertiary/aromatic N) is 4. The van der Waals surface area contributed by atoms with Gasteiger partial charge in [-0.15, -0.1) is 20.4 Å². The minimum atomic E-state index is -0.0875. The van der Waals surface area contributed by atoms with Gasteiger partial charge >= 0.3 is 0 Å². The molecule has 2 aromatic heterocycles. The number of hydrogen-bond acceptors (Lipinski definition) is 8. The number of carbonyl (C=O) groups excluding carboxylic acids is 2. The molecular formula is C19H28N6O2S2. The number of carbonyl (C=O) groups is 2. The molecule has 2 N–H and O–H groups in total. The van der Waals surface area contributed by atoms with Gasteiger partial charge in [0.1, 0.15) is 10.0 Å². The second-order valence-corrected chi connectivity index (χ2v) is 10.5. The first-order valence-corrected chi connectivity index (χ1v) is 11.6. The predicted octanol–water partition coefficient (Wildman–Crippen LogP) is 4.19. The molecule has 2 amide bonds. The van der Waals surface area contributed by atoms with Crippen LogP contribution in [0.25, 0.3) is 0 Å². The molecule has 0 saturated heterocycles. The molecule has 3 rings (SSSR count). The van der Waals surface area contributed by atoms with Crippen molar-refractivity contribution in [2.75, 3.05) is 10.6 Å². The van der Waals surface area contributed by atoms with Gasteiger partial charge in [-0.3, -0.25) is 9.59 Å². The summed E-state index contributed by atoms with van der Waals surface area (Å²) in [6, 6.07) is 0. The van der Waals surface area contributed by atoms with E-state index in [1.165, 1.54) is 22.7 Å². The van der Waals surface area contributed by atoms with Gasteiger partial charge in [-0.25, -0.2) is 0 Å². The van der Waals surface area contributed by atoms with Crippen LogP contribution in [0.15, 0.2) is 0 Å². The van der Waals surface area contributed by atoms with E-state index in [0.29, 0.717) is 16.2 Å². The summed E-state index contributed by atoms with van der Waals surface area (Å²) in [4.78, 5) is 23.7. The van der Waals surface area contributed by atoms with Crippen molar-refractivity contribution < 1.29 is 9.59 Å². The molecular weight excluding hydrogens is 408 g/mol. The lowest BCUT2D eigenvalue weighted by Gasteiger charge is -2.34. The number of nitrogens with one attached hydrogen (secondary N) is 2. The van der Waals surface area contributed by atoms with Crippen LogP contribution >= 0.6 is 22.7 Å². The minimum Gasteiger partial charge on any atom is -0.300 e. The van der Waals surface area contributed by atoms with Gasteiger partial charge in [0.25, 0.3) is 0 Å². The first-order valence-electron chi connectivity index (χ1n) is 9.97. The van der Waals surface area contributed by atoms with Crippen LogP contribution in [0.3, 0.4) is 0 Å². The molecule has 0 bridgehead atoms. The first-order chi connectivity index (χ1) is 13.7. The monoisotopic (exact) mass is 436 g/mol. The van der Waals surface area contributed by atoms with E-state index < -0.39 is 0 Å². The van der Waals surface area contributed by atoms with E-state index in [9.17, 15) is 9.59 Å². The Morgan fingerprint density at radius 2 is 1.41 bits per heavy atom. The van der Waals surface area contributed by atoms with Gasteiger partial charge < -0.3 is 10.6 Å². The lowest BCUT2D eigenvalue weighted by Crippen LogP contribution is -2.27. The molecule has 1 aliphatic rings. The number of rotatable bonds is 6.